The standard InChI is InChI=1S/C24H24N6O2/c31-23(10-15-29-16-13-25-18-29)28-21-4-1-3-20(17-21)24(32)26-12-9-19-5-7-22(8-6-19)30-14-2-11-27-30/h1-8,11,13-14,16-18H,9-10,12,15H2,(H,26,32)(H,28,31). The first-order chi connectivity index (χ1) is 15.7. The Hall–Kier alpha value is -4.20. The number of hydrogen-bond donors (Lipinski definition) is 2. The predicted molar refractivity (Wildman–Crippen MR) is 122 cm³/mol. The molecule has 0 aliphatic carbocycles. The van der Waals surface area contributed by atoms with Gasteiger partial charge in [0.25, 0.3) is 5.91 Å². The van der Waals surface area contributed by atoms with E-state index in [4.69, 9.17) is 0 Å². The van der Waals surface area contributed by atoms with E-state index in [0.29, 0.717) is 30.8 Å². The Morgan fingerprint density at radius 1 is 0.969 bits per heavy atom. The first-order valence-corrected chi connectivity index (χ1v) is 10.4. The number of rotatable bonds is 9. The van der Waals surface area contributed by atoms with Crippen LogP contribution in [0, 0.1) is 0 Å². The molecule has 162 valence electrons. The van der Waals surface area contributed by atoms with Gasteiger partial charge in [-0.2, -0.15) is 5.10 Å². The molecule has 2 heterocycles. The fourth-order valence-electron chi connectivity index (χ4n) is 3.27. The quantitative estimate of drug-likeness (QED) is 0.428. The molecule has 0 atom stereocenters. The molecule has 0 aliphatic heterocycles. The molecular formula is C24H24N6O2. The van der Waals surface area contributed by atoms with E-state index < -0.39 is 0 Å². The SMILES string of the molecule is O=C(CCn1ccnc1)Nc1cccc(C(=O)NCCc2ccc(-n3cccn3)cc2)c1. The first-order valence-electron chi connectivity index (χ1n) is 10.4. The molecule has 8 nitrogen and oxygen atoms in total. The van der Waals surface area contributed by atoms with Crippen LogP contribution >= 0.6 is 0 Å². The molecule has 0 radical (unpaired) electrons. The van der Waals surface area contributed by atoms with Crippen LogP contribution < -0.4 is 10.6 Å². The molecule has 0 saturated carbocycles. The van der Waals surface area contributed by atoms with Crippen LogP contribution in [-0.4, -0.2) is 37.7 Å². The van der Waals surface area contributed by atoms with Crippen LogP contribution in [-0.2, 0) is 17.8 Å². The number of amides is 2. The highest BCUT2D eigenvalue weighted by atomic mass is 16.2. The summed E-state index contributed by atoms with van der Waals surface area (Å²) in [7, 11) is 0. The highest BCUT2D eigenvalue weighted by Gasteiger charge is 2.08. The average molecular weight is 428 g/mol. The minimum Gasteiger partial charge on any atom is -0.352 e. The molecule has 2 amide bonds. The molecule has 0 aliphatic rings. The third-order valence-corrected chi connectivity index (χ3v) is 4.97. The third kappa shape index (κ3) is 5.69. The Morgan fingerprint density at radius 2 is 1.84 bits per heavy atom. The van der Waals surface area contributed by atoms with Gasteiger partial charge >= 0.3 is 0 Å². The van der Waals surface area contributed by atoms with Crippen LogP contribution in [0.5, 0.6) is 0 Å². The molecule has 2 aromatic heterocycles. The van der Waals surface area contributed by atoms with Crippen molar-refractivity contribution in [1.82, 2.24) is 24.6 Å². The Balaban J connectivity index is 1.25. The van der Waals surface area contributed by atoms with Gasteiger partial charge in [0, 0.05) is 55.5 Å². The topological polar surface area (TPSA) is 93.8 Å². The number of carbonyl (C=O) groups excluding carboxylic acids is 2. The normalized spacial score (nSPS) is 10.6. The maximum Gasteiger partial charge on any atom is 0.251 e. The Bertz CT molecular complexity index is 1150. The second-order valence-corrected chi connectivity index (χ2v) is 7.30. The first kappa shape index (κ1) is 21.0. The van der Waals surface area contributed by atoms with Gasteiger partial charge in [-0.3, -0.25) is 9.59 Å². The lowest BCUT2D eigenvalue weighted by atomic mass is 10.1. The van der Waals surface area contributed by atoms with E-state index in [-0.39, 0.29) is 11.8 Å². The molecule has 2 N–H and O–H groups in total. The van der Waals surface area contributed by atoms with Gasteiger partial charge in [-0.15, -0.1) is 0 Å². The Labute approximate surface area is 185 Å². The van der Waals surface area contributed by atoms with Crippen molar-refractivity contribution in [2.75, 3.05) is 11.9 Å². The van der Waals surface area contributed by atoms with Crippen LogP contribution in [0.3, 0.4) is 0 Å². The number of nitrogens with zero attached hydrogens (tertiary/aromatic N) is 4. The van der Waals surface area contributed by atoms with E-state index in [1.807, 2.05) is 47.3 Å². The van der Waals surface area contributed by atoms with Gasteiger partial charge in [0.2, 0.25) is 5.91 Å². The molecule has 2 aromatic carbocycles. The molecule has 32 heavy (non-hydrogen) atoms. The highest BCUT2D eigenvalue weighted by Crippen LogP contribution is 2.12. The zero-order valence-electron chi connectivity index (χ0n) is 17.5. The van der Waals surface area contributed by atoms with Crippen LogP contribution in [0.4, 0.5) is 5.69 Å². The van der Waals surface area contributed by atoms with Crippen LogP contribution in [0.2, 0.25) is 0 Å². The van der Waals surface area contributed by atoms with Gasteiger partial charge in [0.05, 0.1) is 12.0 Å². The zero-order chi connectivity index (χ0) is 22.2. The van der Waals surface area contributed by atoms with Crippen LogP contribution in [0.15, 0.2) is 85.7 Å². The summed E-state index contributed by atoms with van der Waals surface area (Å²) in [5.74, 6) is -0.289. The molecule has 0 unspecified atom stereocenters. The number of carbonyl (C=O) groups is 2. The Kier molecular flexibility index (Phi) is 6.72. The number of hydrogen-bond acceptors (Lipinski definition) is 4. The number of imidazole rings is 1. The minimum atomic E-state index is -0.173. The van der Waals surface area contributed by atoms with Gasteiger partial charge < -0.3 is 15.2 Å². The summed E-state index contributed by atoms with van der Waals surface area (Å²) in [6.45, 7) is 1.07. The van der Waals surface area contributed by atoms with E-state index in [0.717, 1.165) is 17.7 Å². The minimum absolute atomic E-state index is 0.116. The number of benzene rings is 2. The zero-order valence-corrected chi connectivity index (χ0v) is 17.5. The van der Waals surface area contributed by atoms with Gasteiger partial charge in [-0.25, -0.2) is 9.67 Å². The monoisotopic (exact) mass is 428 g/mol. The van der Waals surface area contributed by atoms with Crippen molar-refractivity contribution in [2.45, 2.75) is 19.4 Å². The summed E-state index contributed by atoms with van der Waals surface area (Å²) in [6.07, 6.45) is 9.84. The van der Waals surface area contributed by atoms with Crippen LogP contribution in [0.1, 0.15) is 22.3 Å². The molecule has 4 aromatic rings. The van der Waals surface area contributed by atoms with Gasteiger partial charge in [-0.1, -0.05) is 18.2 Å². The number of aromatic nitrogens is 4. The van der Waals surface area contributed by atoms with Crippen molar-refractivity contribution in [3.05, 3.63) is 96.8 Å². The predicted octanol–water partition coefficient (Wildman–Crippen LogP) is 3.07. The smallest absolute Gasteiger partial charge is 0.251 e. The maximum absolute atomic E-state index is 12.5. The second-order valence-electron chi connectivity index (χ2n) is 7.30. The van der Waals surface area contributed by atoms with E-state index in [1.54, 1.807) is 47.7 Å². The molecular weight excluding hydrogens is 404 g/mol. The highest BCUT2D eigenvalue weighted by molar-refractivity contribution is 5.97. The van der Waals surface area contributed by atoms with Crippen molar-refractivity contribution in [1.29, 1.82) is 0 Å². The maximum atomic E-state index is 12.5. The van der Waals surface area contributed by atoms with E-state index in [1.165, 1.54) is 0 Å². The van der Waals surface area contributed by atoms with Crippen molar-refractivity contribution in [2.24, 2.45) is 0 Å². The summed E-state index contributed by atoms with van der Waals surface area (Å²) >= 11 is 0. The van der Waals surface area contributed by atoms with Crippen molar-refractivity contribution >= 4 is 17.5 Å². The summed E-state index contributed by atoms with van der Waals surface area (Å²) in [4.78, 5) is 28.6. The van der Waals surface area contributed by atoms with Crippen molar-refractivity contribution < 1.29 is 9.59 Å². The second kappa shape index (κ2) is 10.2. The van der Waals surface area contributed by atoms with Crippen molar-refractivity contribution in [3.63, 3.8) is 0 Å². The van der Waals surface area contributed by atoms with E-state index in [2.05, 4.69) is 20.7 Å². The lowest BCUT2D eigenvalue weighted by Gasteiger charge is -2.09. The lowest BCUT2D eigenvalue weighted by molar-refractivity contribution is -0.116. The third-order valence-electron chi connectivity index (χ3n) is 4.97. The molecule has 8 heteroatoms. The molecule has 0 fully saturated rings. The summed E-state index contributed by atoms with van der Waals surface area (Å²) < 4.78 is 3.64. The van der Waals surface area contributed by atoms with E-state index in [9.17, 15) is 9.59 Å². The fraction of sp³-hybridized carbons (Fsp3) is 0.167. The number of anilines is 1. The summed E-state index contributed by atoms with van der Waals surface area (Å²) in [6, 6.07) is 16.9. The largest absolute Gasteiger partial charge is 0.352 e. The molecule has 0 spiro atoms. The average Bonchev–Trinajstić information content (AvgIpc) is 3.53. The van der Waals surface area contributed by atoms with E-state index >= 15 is 0 Å². The van der Waals surface area contributed by atoms with Crippen molar-refractivity contribution in [3.8, 4) is 5.69 Å². The summed E-state index contributed by atoms with van der Waals surface area (Å²) in [5.41, 5.74) is 3.22. The van der Waals surface area contributed by atoms with Gasteiger partial charge in [0.15, 0.2) is 0 Å². The molecule has 0 saturated heterocycles. The summed E-state index contributed by atoms with van der Waals surface area (Å²) in [5, 5.41) is 9.98. The molecule has 0 bridgehead atoms. The fourth-order valence-corrected chi connectivity index (χ4v) is 3.27. The van der Waals surface area contributed by atoms with Gasteiger partial charge in [-0.05, 0) is 48.4 Å². The van der Waals surface area contributed by atoms with Crippen LogP contribution in [0.25, 0.3) is 5.69 Å². The molecule has 4 rings (SSSR count). The lowest BCUT2D eigenvalue weighted by Crippen LogP contribution is -2.25. The Morgan fingerprint density at radius 3 is 2.59 bits per heavy atom. The number of aryl methyl sites for hydroxylation is 1. The number of nitrogens with one attached hydrogen (secondary N) is 2. The van der Waals surface area contributed by atoms with Gasteiger partial charge in [0.1, 0.15) is 0 Å².